The van der Waals surface area contributed by atoms with Gasteiger partial charge in [-0.25, -0.2) is 4.98 Å². The summed E-state index contributed by atoms with van der Waals surface area (Å²) in [7, 11) is 0. The highest BCUT2D eigenvalue weighted by atomic mass is 32.1. The molecular weight excluding hydrogens is 264 g/mol. The number of amides is 1. The number of thiazole rings is 1. The summed E-state index contributed by atoms with van der Waals surface area (Å²) in [6, 6.07) is 0. The normalized spacial score (nSPS) is 25.6. The number of aromatic nitrogens is 1. The summed E-state index contributed by atoms with van der Waals surface area (Å²) in [6.07, 6.45) is 1.74. The molecule has 0 spiro atoms. The Morgan fingerprint density at radius 3 is 2.68 bits per heavy atom. The lowest BCUT2D eigenvalue weighted by molar-refractivity contribution is -0.140. The van der Waals surface area contributed by atoms with Crippen molar-refractivity contribution in [1.29, 1.82) is 0 Å². The molecule has 1 fully saturated rings. The minimum absolute atomic E-state index is 0.147. The summed E-state index contributed by atoms with van der Waals surface area (Å²) in [5.74, 6) is -1.90. The monoisotopic (exact) mass is 282 g/mol. The van der Waals surface area contributed by atoms with Crippen LogP contribution in [0.5, 0.6) is 0 Å². The Bertz CT molecular complexity index is 484. The van der Waals surface area contributed by atoms with E-state index in [-0.39, 0.29) is 11.8 Å². The fourth-order valence-electron chi connectivity index (χ4n) is 2.52. The maximum Gasteiger partial charge on any atom is 0.307 e. The molecule has 1 unspecified atom stereocenters. The molecule has 104 valence electrons. The highest BCUT2D eigenvalue weighted by Crippen LogP contribution is 2.58. The maximum absolute atomic E-state index is 12.0. The van der Waals surface area contributed by atoms with Crippen molar-refractivity contribution in [3.05, 3.63) is 16.6 Å². The summed E-state index contributed by atoms with van der Waals surface area (Å²) < 4.78 is 0. The minimum atomic E-state index is -0.891. The van der Waals surface area contributed by atoms with Crippen LogP contribution in [0.4, 0.5) is 0 Å². The Morgan fingerprint density at radius 2 is 2.21 bits per heavy atom. The minimum Gasteiger partial charge on any atom is -0.481 e. The molecule has 0 radical (unpaired) electrons. The SMILES string of the molecule is CC(CNC(=O)[C@@H]1[C@H](C(=O)O)C1(C)C)c1nccs1. The van der Waals surface area contributed by atoms with Gasteiger partial charge in [-0.3, -0.25) is 9.59 Å². The Balaban J connectivity index is 1.88. The number of hydrogen-bond donors (Lipinski definition) is 2. The average molecular weight is 282 g/mol. The Kier molecular flexibility index (Phi) is 3.62. The maximum atomic E-state index is 12.0. The van der Waals surface area contributed by atoms with E-state index in [1.807, 2.05) is 26.2 Å². The zero-order valence-electron chi connectivity index (χ0n) is 11.2. The number of carboxylic acids is 1. The van der Waals surface area contributed by atoms with Crippen molar-refractivity contribution in [1.82, 2.24) is 10.3 Å². The van der Waals surface area contributed by atoms with Crippen molar-refractivity contribution >= 4 is 23.2 Å². The summed E-state index contributed by atoms with van der Waals surface area (Å²) >= 11 is 1.56. The molecule has 1 saturated carbocycles. The zero-order chi connectivity index (χ0) is 14.2. The second-order valence-electron chi connectivity index (χ2n) is 5.63. The Morgan fingerprint density at radius 1 is 1.53 bits per heavy atom. The summed E-state index contributed by atoms with van der Waals surface area (Å²) in [4.78, 5) is 27.2. The molecule has 0 bridgehead atoms. The van der Waals surface area contributed by atoms with Gasteiger partial charge in [0, 0.05) is 24.0 Å². The lowest BCUT2D eigenvalue weighted by atomic mass is 10.1. The quantitative estimate of drug-likeness (QED) is 0.862. The van der Waals surface area contributed by atoms with Gasteiger partial charge in [0.15, 0.2) is 0 Å². The van der Waals surface area contributed by atoms with Gasteiger partial charge < -0.3 is 10.4 Å². The molecule has 1 aromatic rings. The van der Waals surface area contributed by atoms with Crippen LogP contribution in [-0.4, -0.2) is 28.5 Å². The van der Waals surface area contributed by atoms with Crippen LogP contribution in [0.1, 0.15) is 31.7 Å². The molecule has 1 aliphatic rings. The van der Waals surface area contributed by atoms with Gasteiger partial charge in [0.2, 0.25) is 5.91 Å². The van der Waals surface area contributed by atoms with Crippen LogP contribution in [0.2, 0.25) is 0 Å². The number of nitrogens with one attached hydrogen (secondary N) is 1. The van der Waals surface area contributed by atoms with E-state index < -0.39 is 23.2 Å². The van der Waals surface area contributed by atoms with Crippen LogP contribution in [0.3, 0.4) is 0 Å². The lowest BCUT2D eigenvalue weighted by Crippen LogP contribution is -2.30. The fraction of sp³-hybridized carbons (Fsp3) is 0.615. The summed E-state index contributed by atoms with van der Waals surface area (Å²) in [6.45, 7) is 6.12. The van der Waals surface area contributed by atoms with Gasteiger partial charge in [-0.05, 0) is 5.41 Å². The van der Waals surface area contributed by atoms with Gasteiger partial charge in [-0.15, -0.1) is 11.3 Å². The largest absolute Gasteiger partial charge is 0.481 e. The van der Waals surface area contributed by atoms with Gasteiger partial charge in [0.1, 0.15) is 0 Å². The summed E-state index contributed by atoms with van der Waals surface area (Å²) in [5.41, 5.74) is -0.444. The molecule has 1 heterocycles. The predicted octanol–water partition coefficient (Wildman–Crippen LogP) is 1.72. The van der Waals surface area contributed by atoms with Gasteiger partial charge in [0.05, 0.1) is 16.8 Å². The molecule has 1 aromatic heterocycles. The van der Waals surface area contributed by atoms with E-state index in [4.69, 9.17) is 5.11 Å². The number of carbonyl (C=O) groups is 2. The Labute approximate surface area is 116 Å². The van der Waals surface area contributed by atoms with Gasteiger partial charge >= 0.3 is 5.97 Å². The number of carbonyl (C=O) groups excluding carboxylic acids is 1. The molecule has 2 rings (SSSR count). The molecule has 0 aliphatic heterocycles. The number of rotatable bonds is 5. The van der Waals surface area contributed by atoms with E-state index in [1.165, 1.54) is 0 Å². The fourth-order valence-corrected chi connectivity index (χ4v) is 3.22. The first-order chi connectivity index (χ1) is 8.85. The number of nitrogens with zero attached hydrogens (tertiary/aromatic N) is 1. The number of hydrogen-bond acceptors (Lipinski definition) is 4. The van der Waals surface area contributed by atoms with Crippen molar-refractivity contribution in [3.63, 3.8) is 0 Å². The molecule has 2 N–H and O–H groups in total. The molecule has 1 aliphatic carbocycles. The molecule has 0 saturated heterocycles. The topological polar surface area (TPSA) is 79.3 Å². The van der Waals surface area contributed by atoms with Crippen LogP contribution in [0.15, 0.2) is 11.6 Å². The molecule has 19 heavy (non-hydrogen) atoms. The first-order valence-corrected chi connectivity index (χ1v) is 7.13. The van der Waals surface area contributed by atoms with Crippen molar-refractivity contribution in [3.8, 4) is 0 Å². The first-order valence-electron chi connectivity index (χ1n) is 6.25. The molecule has 5 nitrogen and oxygen atoms in total. The second-order valence-corrected chi connectivity index (χ2v) is 6.56. The lowest BCUT2D eigenvalue weighted by Gasteiger charge is -2.10. The molecular formula is C13H18N2O3S. The van der Waals surface area contributed by atoms with Gasteiger partial charge in [0.25, 0.3) is 0 Å². The predicted molar refractivity (Wildman–Crippen MR) is 71.9 cm³/mol. The van der Waals surface area contributed by atoms with Crippen LogP contribution in [0, 0.1) is 17.3 Å². The van der Waals surface area contributed by atoms with Crippen LogP contribution < -0.4 is 5.32 Å². The third kappa shape index (κ3) is 2.63. The van der Waals surface area contributed by atoms with Crippen molar-refractivity contribution in [2.45, 2.75) is 26.7 Å². The third-order valence-corrected chi connectivity index (χ3v) is 4.84. The highest BCUT2D eigenvalue weighted by Gasteiger charge is 2.65. The summed E-state index contributed by atoms with van der Waals surface area (Å²) in [5, 5.41) is 14.8. The van der Waals surface area contributed by atoms with Crippen LogP contribution in [-0.2, 0) is 9.59 Å². The molecule has 6 heteroatoms. The molecule has 3 atom stereocenters. The Hall–Kier alpha value is -1.43. The third-order valence-electron chi connectivity index (χ3n) is 3.83. The first kappa shape index (κ1) is 14.0. The zero-order valence-corrected chi connectivity index (χ0v) is 12.0. The highest BCUT2D eigenvalue weighted by molar-refractivity contribution is 7.09. The van der Waals surface area contributed by atoms with Crippen molar-refractivity contribution < 1.29 is 14.7 Å². The number of aliphatic carboxylic acids is 1. The second kappa shape index (κ2) is 4.92. The van der Waals surface area contributed by atoms with Crippen LogP contribution in [0.25, 0.3) is 0 Å². The molecule has 1 amide bonds. The molecule has 0 aromatic carbocycles. The standard InChI is InChI=1S/C13H18N2O3S/c1-7(11-14-4-5-19-11)6-15-10(16)8-9(12(17)18)13(8,2)3/h4-5,7-9H,6H2,1-3H3,(H,15,16)(H,17,18)/t7?,8-,9+/m0/s1. The number of carboxylic acid groups (broad SMARTS) is 1. The van der Waals surface area contributed by atoms with Crippen LogP contribution >= 0.6 is 11.3 Å². The van der Waals surface area contributed by atoms with Gasteiger partial charge in [-0.1, -0.05) is 20.8 Å². The van der Waals surface area contributed by atoms with E-state index in [0.717, 1.165) is 5.01 Å². The van der Waals surface area contributed by atoms with Crippen molar-refractivity contribution in [2.75, 3.05) is 6.54 Å². The van der Waals surface area contributed by atoms with E-state index in [0.29, 0.717) is 6.54 Å². The van der Waals surface area contributed by atoms with Gasteiger partial charge in [-0.2, -0.15) is 0 Å². The van der Waals surface area contributed by atoms with E-state index in [9.17, 15) is 9.59 Å². The van der Waals surface area contributed by atoms with E-state index >= 15 is 0 Å². The average Bonchev–Trinajstić information content (AvgIpc) is 2.74. The van der Waals surface area contributed by atoms with E-state index in [2.05, 4.69) is 10.3 Å². The van der Waals surface area contributed by atoms with Crippen molar-refractivity contribution in [2.24, 2.45) is 17.3 Å². The van der Waals surface area contributed by atoms with E-state index in [1.54, 1.807) is 17.5 Å². The smallest absolute Gasteiger partial charge is 0.307 e.